The third-order valence-electron chi connectivity index (χ3n) is 2.43. The van der Waals surface area contributed by atoms with E-state index >= 15 is 0 Å². The van der Waals surface area contributed by atoms with E-state index in [-0.39, 0.29) is 19.0 Å². The van der Waals surface area contributed by atoms with Gasteiger partial charge in [0.1, 0.15) is 0 Å². The zero-order valence-corrected chi connectivity index (χ0v) is 7.61. The first kappa shape index (κ1) is 10.9. The molecule has 1 aliphatic heterocycles. The van der Waals surface area contributed by atoms with E-state index in [0.717, 1.165) is 4.90 Å². The van der Waals surface area contributed by atoms with Gasteiger partial charge in [0, 0.05) is 13.1 Å². The van der Waals surface area contributed by atoms with E-state index in [1.165, 1.54) is 0 Å². The van der Waals surface area contributed by atoms with Crippen LogP contribution in [0.3, 0.4) is 0 Å². The minimum atomic E-state index is -3.05. The Labute approximate surface area is 79.5 Å². The molecule has 0 aromatic heterocycles. The molecule has 1 rings (SSSR count). The first-order chi connectivity index (χ1) is 6.43. The molecule has 4 nitrogen and oxygen atoms in total. The smallest absolute Gasteiger partial charge is 0.315 e. The van der Waals surface area contributed by atoms with Crippen molar-refractivity contribution in [3.05, 3.63) is 0 Å². The summed E-state index contributed by atoms with van der Waals surface area (Å²) in [7, 11) is 0. The summed E-state index contributed by atoms with van der Waals surface area (Å²) < 4.78 is 24.0. The molecule has 1 saturated heterocycles. The molecule has 1 amide bonds. The van der Waals surface area contributed by atoms with E-state index in [2.05, 4.69) is 0 Å². The quantitative estimate of drug-likeness (QED) is 0.714. The van der Waals surface area contributed by atoms with Gasteiger partial charge in [-0.15, -0.1) is 0 Å². The monoisotopic (exact) mass is 207 g/mol. The number of amides is 1. The predicted octanol–water partition coefficient (Wildman–Crippen LogP) is 0.431. The first-order valence-electron chi connectivity index (χ1n) is 4.23. The van der Waals surface area contributed by atoms with Crippen molar-refractivity contribution in [1.82, 2.24) is 4.90 Å². The van der Waals surface area contributed by atoms with Crippen molar-refractivity contribution in [2.75, 3.05) is 13.1 Å². The standard InChI is InChI=1S/C8H11F2NO3/c1-4-2-11(7(12)6(9)10)3-5(4)8(13)14/h4-6H,2-3H2,1H3,(H,13,14). The second-order valence-electron chi connectivity index (χ2n) is 3.47. The summed E-state index contributed by atoms with van der Waals surface area (Å²) in [5.41, 5.74) is 0. The highest BCUT2D eigenvalue weighted by atomic mass is 19.3. The SMILES string of the molecule is CC1CN(C(=O)C(F)F)CC1C(=O)O. The van der Waals surface area contributed by atoms with E-state index in [1.54, 1.807) is 6.92 Å². The lowest BCUT2D eigenvalue weighted by Crippen LogP contribution is -2.34. The molecule has 14 heavy (non-hydrogen) atoms. The summed E-state index contributed by atoms with van der Waals surface area (Å²) >= 11 is 0. The van der Waals surface area contributed by atoms with Gasteiger partial charge in [0.2, 0.25) is 0 Å². The lowest BCUT2D eigenvalue weighted by atomic mass is 9.99. The summed E-state index contributed by atoms with van der Waals surface area (Å²) in [4.78, 5) is 22.4. The van der Waals surface area contributed by atoms with Crippen LogP contribution < -0.4 is 0 Å². The highest BCUT2D eigenvalue weighted by Crippen LogP contribution is 2.24. The summed E-state index contributed by atoms with van der Waals surface area (Å²) in [6.07, 6.45) is -3.05. The largest absolute Gasteiger partial charge is 0.481 e. The molecular formula is C8H11F2NO3. The van der Waals surface area contributed by atoms with Crippen molar-refractivity contribution < 1.29 is 23.5 Å². The third-order valence-corrected chi connectivity index (χ3v) is 2.43. The molecule has 0 saturated carbocycles. The number of carbonyl (C=O) groups is 2. The Hall–Kier alpha value is -1.20. The van der Waals surface area contributed by atoms with Gasteiger partial charge < -0.3 is 10.0 Å². The number of alkyl halides is 2. The van der Waals surface area contributed by atoms with E-state index in [4.69, 9.17) is 5.11 Å². The van der Waals surface area contributed by atoms with E-state index in [9.17, 15) is 18.4 Å². The van der Waals surface area contributed by atoms with Crippen LogP contribution in [0.5, 0.6) is 0 Å². The van der Waals surface area contributed by atoms with Gasteiger partial charge >= 0.3 is 12.4 Å². The number of aliphatic carboxylic acids is 1. The summed E-state index contributed by atoms with van der Waals surface area (Å²) in [6.45, 7) is 1.62. The minimum absolute atomic E-state index is 0.0974. The van der Waals surface area contributed by atoms with Gasteiger partial charge in [0.15, 0.2) is 0 Å². The van der Waals surface area contributed by atoms with Crippen LogP contribution in [0.2, 0.25) is 0 Å². The fourth-order valence-electron chi connectivity index (χ4n) is 1.61. The van der Waals surface area contributed by atoms with Crippen molar-refractivity contribution >= 4 is 11.9 Å². The maximum absolute atomic E-state index is 12.0. The third kappa shape index (κ3) is 2.00. The number of carboxylic acids is 1. The van der Waals surface area contributed by atoms with Crippen molar-refractivity contribution in [3.8, 4) is 0 Å². The van der Waals surface area contributed by atoms with Crippen molar-refractivity contribution in [3.63, 3.8) is 0 Å². The van der Waals surface area contributed by atoms with Crippen molar-refractivity contribution in [1.29, 1.82) is 0 Å². The van der Waals surface area contributed by atoms with Crippen LogP contribution in [-0.4, -0.2) is 41.4 Å². The second-order valence-corrected chi connectivity index (χ2v) is 3.47. The highest BCUT2D eigenvalue weighted by molar-refractivity contribution is 5.81. The van der Waals surface area contributed by atoms with Gasteiger partial charge in [-0.05, 0) is 5.92 Å². The lowest BCUT2D eigenvalue weighted by molar-refractivity contribution is -0.144. The molecule has 1 aliphatic rings. The van der Waals surface area contributed by atoms with Crippen LogP contribution in [-0.2, 0) is 9.59 Å². The molecule has 0 aromatic rings. The number of halogens is 2. The molecule has 0 radical (unpaired) electrons. The normalized spacial score (nSPS) is 27.0. The maximum atomic E-state index is 12.0. The van der Waals surface area contributed by atoms with Crippen LogP contribution in [0, 0.1) is 11.8 Å². The number of nitrogens with zero attached hydrogens (tertiary/aromatic N) is 1. The maximum Gasteiger partial charge on any atom is 0.315 e. The molecule has 6 heteroatoms. The molecule has 2 unspecified atom stereocenters. The van der Waals surface area contributed by atoms with E-state index < -0.39 is 24.2 Å². The molecule has 1 N–H and O–H groups in total. The first-order valence-corrected chi connectivity index (χ1v) is 4.23. The number of carboxylic acid groups (broad SMARTS) is 1. The van der Waals surface area contributed by atoms with Crippen LogP contribution >= 0.6 is 0 Å². The van der Waals surface area contributed by atoms with Crippen LogP contribution in [0.1, 0.15) is 6.92 Å². The van der Waals surface area contributed by atoms with Gasteiger partial charge in [-0.1, -0.05) is 6.92 Å². The fourth-order valence-corrected chi connectivity index (χ4v) is 1.61. The number of hydrogen-bond acceptors (Lipinski definition) is 2. The molecule has 1 fully saturated rings. The molecule has 0 bridgehead atoms. The van der Waals surface area contributed by atoms with Crippen LogP contribution in [0.4, 0.5) is 8.78 Å². The van der Waals surface area contributed by atoms with E-state index in [0.29, 0.717) is 0 Å². The van der Waals surface area contributed by atoms with Gasteiger partial charge in [-0.25, -0.2) is 0 Å². The zero-order chi connectivity index (χ0) is 10.9. The van der Waals surface area contributed by atoms with E-state index in [1.807, 2.05) is 0 Å². The Morgan fingerprint density at radius 1 is 1.43 bits per heavy atom. The van der Waals surface area contributed by atoms with Gasteiger partial charge in [-0.2, -0.15) is 8.78 Å². The molecule has 0 spiro atoms. The summed E-state index contributed by atoms with van der Waals surface area (Å²) in [6, 6.07) is 0. The Bertz CT molecular complexity index is 257. The molecule has 2 atom stereocenters. The van der Waals surface area contributed by atoms with Gasteiger partial charge in [-0.3, -0.25) is 9.59 Å². The number of carbonyl (C=O) groups excluding carboxylic acids is 1. The predicted molar refractivity (Wildman–Crippen MR) is 42.9 cm³/mol. The molecule has 1 heterocycles. The number of likely N-dealkylation sites (tertiary alicyclic amines) is 1. The van der Waals surface area contributed by atoms with Crippen LogP contribution in [0.25, 0.3) is 0 Å². The van der Waals surface area contributed by atoms with Crippen LogP contribution in [0.15, 0.2) is 0 Å². The average Bonchev–Trinajstić information content (AvgIpc) is 2.45. The average molecular weight is 207 g/mol. The summed E-state index contributed by atoms with van der Waals surface area (Å²) in [5, 5.41) is 8.70. The minimum Gasteiger partial charge on any atom is -0.481 e. The Morgan fingerprint density at radius 2 is 2.00 bits per heavy atom. The second kappa shape index (κ2) is 3.89. The van der Waals surface area contributed by atoms with Crippen molar-refractivity contribution in [2.24, 2.45) is 11.8 Å². The topological polar surface area (TPSA) is 57.6 Å². The molecule has 0 aliphatic carbocycles. The number of rotatable bonds is 2. The Morgan fingerprint density at radius 3 is 2.36 bits per heavy atom. The van der Waals surface area contributed by atoms with Gasteiger partial charge in [0.25, 0.3) is 5.91 Å². The number of hydrogen-bond donors (Lipinski definition) is 1. The summed E-state index contributed by atoms with van der Waals surface area (Å²) in [5.74, 6) is -3.31. The molecule has 0 aromatic carbocycles. The Balaban J connectivity index is 2.63. The molecular weight excluding hydrogens is 196 g/mol. The fraction of sp³-hybridized carbons (Fsp3) is 0.750. The van der Waals surface area contributed by atoms with Crippen molar-refractivity contribution in [2.45, 2.75) is 13.3 Å². The zero-order valence-electron chi connectivity index (χ0n) is 7.61. The Kier molecular flexibility index (Phi) is 3.03. The highest BCUT2D eigenvalue weighted by Gasteiger charge is 2.38. The molecule has 80 valence electrons. The van der Waals surface area contributed by atoms with Gasteiger partial charge in [0.05, 0.1) is 5.92 Å². The lowest BCUT2D eigenvalue weighted by Gasteiger charge is -2.14.